The van der Waals surface area contributed by atoms with Crippen LogP contribution in [-0.2, 0) is 23.3 Å². The van der Waals surface area contributed by atoms with Crippen LogP contribution in [0.15, 0.2) is 41.2 Å². The number of fused-ring (bicyclic) bond motifs is 2. The highest BCUT2D eigenvalue weighted by Crippen LogP contribution is 2.44. The van der Waals surface area contributed by atoms with Crippen LogP contribution in [0.3, 0.4) is 0 Å². The Morgan fingerprint density at radius 3 is 2.97 bits per heavy atom. The summed E-state index contributed by atoms with van der Waals surface area (Å²) in [7, 11) is 0. The summed E-state index contributed by atoms with van der Waals surface area (Å²) in [6.07, 6.45) is 6.22. The van der Waals surface area contributed by atoms with Gasteiger partial charge in [-0.05, 0) is 56.1 Å². The number of rotatable bonds is 4. The van der Waals surface area contributed by atoms with E-state index in [0.29, 0.717) is 18.0 Å². The Morgan fingerprint density at radius 1 is 1.30 bits per heavy atom. The summed E-state index contributed by atoms with van der Waals surface area (Å²) < 4.78 is 11.6. The molecule has 1 amide bonds. The van der Waals surface area contributed by atoms with E-state index >= 15 is 0 Å². The number of aromatic nitrogens is 2. The van der Waals surface area contributed by atoms with Crippen molar-refractivity contribution in [2.24, 2.45) is 0 Å². The van der Waals surface area contributed by atoms with E-state index in [1.54, 1.807) is 23.7 Å². The van der Waals surface area contributed by atoms with Gasteiger partial charge in [-0.25, -0.2) is 0 Å². The summed E-state index contributed by atoms with van der Waals surface area (Å²) in [5.74, 6) is 0.518. The molecule has 0 unspecified atom stereocenters. The molecule has 2 aliphatic rings. The van der Waals surface area contributed by atoms with Gasteiger partial charge in [-0.15, -0.1) is 23.7 Å². The third-order valence-electron chi connectivity index (χ3n) is 5.55. The van der Waals surface area contributed by atoms with Crippen LogP contribution in [-0.4, -0.2) is 35.7 Å². The fourth-order valence-corrected chi connectivity index (χ4v) is 5.36. The Labute approximate surface area is 184 Å². The van der Waals surface area contributed by atoms with Gasteiger partial charge in [0.2, 0.25) is 0 Å². The summed E-state index contributed by atoms with van der Waals surface area (Å²) in [5, 5.41) is 10.4. The first-order valence-electron chi connectivity index (χ1n) is 9.86. The molecule has 1 saturated heterocycles. The normalized spacial score (nSPS) is 17.2. The molecule has 0 aromatic carbocycles. The molecular weight excluding hydrogens is 424 g/mol. The van der Waals surface area contributed by atoms with Crippen molar-refractivity contribution in [1.29, 1.82) is 0 Å². The van der Waals surface area contributed by atoms with Gasteiger partial charge >= 0.3 is 0 Å². The van der Waals surface area contributed by atoms with E-state index < -0.39 is 0 Å². The minimum absolute atomic E-state index is 0. The number of halogens is 1. The lowest BCUT2D eigenvalue weighted by Crippen LogP contribution is -2.43. The maximum Gasteiger partial charge on any atom is 0.261 e. The standard InChI is InChI=1S/C21H22N4O3S.ClH/c26-20(24-13-16-11-17(25-28-16)15-2-1-6-23-12-15)18-10-14-3-9-27-21(19(14)29-18)4-7-22-8-5-21;/h1-2,6,10-12,22H,3-5,7-9,13H2,(H,24,26);1H. The number of hydrogen-bond acceptors (Lipinski definition) is 7. The quantitative estimate of drug-likeness (QED) is 0.639. The van der Waals surface area contributed by atoms with Crippen molar-refractivity contribution in [2.45, 2.75) is 31.4 Å². The second-order valence-electron chi connectivity index (χ2n) is 7.41. The smallest absolute Gasteiger partial charge is 0.261 e. The third kappa shape index (κ3) is 4.00. The molecule has 2 N–H and O–H groups in total. The summed E-state index contributed by atoms with van der Waals surface area (Å²) >= 11 is 1.57. The predicted molar refractivity (Wildman–Crippen MR) is 116 cm³/mol. The molecule has 3 aromatic heterocycles. The van der Waals surface area contributed by atoms with Crippen molar-refractivity contribution >= 4 is 29.7 Å². The number of thiophene rings is 1. The molecule has 5 rings (SSSR count). The Kier molecular flexibility index (Phi) is 6.19. The zero-order valence-electron chi connectivity index (χ0n) is 16.3. The highest BCUT2D eigenvalue weighted by Gasteiger charge is 2.41. The molecule has 158 valence electrons. The van der Waals surface area contributed by atoms with Crippen molar-refractivity contribution in [3.8, 4) is 11.3 Å². The van der Waals surface area contributed by atoms with E-state index in [0.717, 1.165) is 49.4 Å². The number of carbonyl (C=O) groups is 1. The van der Waals surface area contributed by atoms with Gasteiger partial charge in [-0.1, -0.05) is 5.16 Å². The van der Waals surface area contributed by atoms with Gasteiger partial charge in [-0.2, -0.15) is 0 Å². The van der Waals surface area contributed by atoms with Gasteiger partial charge < -0.3 is 19.9 Å². The number of ether oxygens (including phenoxy) is 1. The van der Waals surface area contributed by atoms with E-state index in [1.165, 1.54) is 10.4 Å². The molecule has 1 fully saturated rings. The Balaban J connectivity index is 0.00000218. The third-order valence-corrected chi connectivity index (χ3v) is 6.91. The predicted octanol–water partition coefficient (Wildman–Crippen LogP) is 3.30. The average molecular weight is 447 g/mol. The van der Waals surface area contributed by atoms with Crippen LogP contribution in [0.25, 0.3) is 11.3 Å². The first-order valence-corrected chi connectivity index (χ1v) is 10.7. The molecule has 3 aromatic rings. The number of carbonyl (C=O) groups excluding carboxylic acids is 1. The van der Waals surface area contributed by atoms with Gasteiger partial charge in [0.1, 0.15) is 11.3 Å². The maximum absolute atomic E-state index is 12.8. The number of piperidine rings is 1. The van der Waals surface area contributed by atoms with Crippen LogP contribution in [0.5, 0.6) is 0 Å². The molecule has 0 saturated carbocycles. The molecule has 30 heavy (non-hydrogen) atoms. The van der Waals surface area contributed by atoms with Gasteiger partial charge in [0.15, 0.2) is 5.76 Å². The number of nitrogens with zero attached hydrogens (tertiary/aromatic N) is 2. The molecular formula is C21H23ClN4O3S. The zero-order valence-corrected chi connectivity index (χ0v) is 18.0. The average Bonchev–Trinajstić information content (AvgIpc) is 3.42. The van der Waals surface area contributed by atoms with E-state index in [2.05, 4.69) is 20.8 Å². The van der Waals surface area contributed by atoms with Crippen molar-refractivity contribution in [3.63, 3.8) is 0 Å². The van der Waals surface area contributed by atoms with Crippen LogP contribution in [0.2, 0.25) is 0 Å². The van der Waals surface area contributed by atoms with Gasteiger partial charge in [0.25, 0.3) is 5.91 Å². The molecule has 0 aliphatic carbocycles. The van der Waals surface area contributed by atoms with Crippen LogP contribution in [0, 0.1) is 0 Å². The Bertz CT molecular complexity index is 1010. The van der Waals surface area contributed by atoms with E-state index in [-0.39, 0.29) is 23.9 Å². The second kappa shape index (κ2) is 8.85. The van der Waals surface area contributed by atoms with Crippen molar-refractivity contribution in [2.75, 3.05) is 19.7 Å². The van der Waals surface area contributed by atoms with Gasteiger partial charge in [-0.3, -0.25) is 9.78 Å². The Hall–Kier alpha value is -2.26. The summed E-state index contributed by atoms with van der Waals surface area (Å²) in [6, 6.07) is 7.63. The van der Waals surface area contributed by atoms with Gasteiger partial charge in [0, 0.05) is 28.9 Å². The number of nitrogens with one attached hydrogen (secondary N) is 2. The zero-order chi connectivity index (χ0) is 19.7. The lowest BCUT2D eigenvalue weighted by atomic mass is 9.86. The van der Waals surface area contributed by atoms with Crippen LogP contribution in [0.1, 0.15) is 38.7 Å². The Morgan fingerprint density at radius 2 is 2.17 bits per heavy atom. The first-order chi connectivity index (χ1) is 14.2. The number of hydrogen-bond donors (Lipinski definition) is 2. The van der Waals surface area contributed by atoms with Crippen molar-refractivity contribution in [3.05, 3.63) is 57.7 Å². The highest BCUT2D eigenvalue weighted by atomic mass is 35.5. The summed E-state index contributed by atoms with van der Waals surface area (Å²) in [4.78, 5) is 18.8. The fourth-order valence-electron chi connectivity index (χ4n) is 4.04. The second-order valence-corrected chi connectivity index (χ2v) is 8.46. The molecule has 9 heteroatoms. The fraction of sp³-hybridized carbons (Fsp3) is 0.381. The topological polar surface area (TPSA) is 89.3 Å². The van der Waals surface area contributed by atoms with E-state index in [1.807, 2.05) is 24.3 Å². The molecule has 5 heterocycles. The molecule has 2 aliphatic heterocycles. The summed E-state index contributed by atoms with van der Waals surface area (Å²) in [5.41, 5.74) is 2.63. The van der Waals surface area contributed by atoms with E-state index in [4.69, 9.17) is 9.26 Å². The number of pyridine rings is 1. The molecule has 1 spiro atoms. The highest BCUT2D eigenvalue weighted by molar-refractivity contribution is 7.14. The monoisotopic (exact) mass is 446 g/mol. The maximum atomic E-state index is 12.8. The molecule has 0 atom stereocenters. The minimum atomic E-state index is -0.217. The lowest BCUT2D eigenvalue weighted by molar-refractivity contribution is -0.0771. The molecule has 0 radical (unpaired) electrons. The van der Waals surface area contributed by atoms with Crippen LogP contribution >= 0.6 is 23.7 Å². The lowest BCUT2D eigenvalue weighted by Gasteiger charge is -2.40. The van der Waals surface area contributed by atoms with E-state index in [9.17, 15) is 4.79 Å². The van der Waals surface area contributed by atoms with Crippen LogP contribution in [0.4, 0.5) is 0 Å². The first kappa shape index (κ1) is 21.0. The van der Waals surface area contributed by atoms with Crippen molar-refractivity contribution in [1.82, 2.24) is 20.8 Å². The molecule has 7 nitrogen and oxygen atoms in total. The van der Waals surface area contributed by atoms with Crippen LogP contribution < -0.4 is 10.6 Å². The van der Waals surface area contributed by atoms with Crippen molar-refractivity contribution < 1.29 is 14.1 Å². The summed E-state index contributed by atoms with van der Waals surface area (Å²) in [6.45, 7) is 2.91. The minimum Gasteiger partial charge on any atom is -0.369 e. The molecule has 0 bridgehead atoms. The number of amides is 1. The SMILES string of the molecule is Cl.O=C(NCc1cc(-c2cccnc2)no1)c1cc2c(s1)C1(CCNCC1)OCC2. The van der Waals surface area contributed by atoms with Gasteiger partial charge in [0.05, 0.1) is 18.0 Å². The largest absolute Gasteiger partial charge is 0.369 e.